The number of nitrogens with zero attached hydrogens (tertiary/aromatic N) is 6. The topological polar surface area (TPSA) is 200 Å². The van der Waals surface area contributed by atoms with E-state index in [0.717, 1.165) is 24.0 Å². The van der Waals surface area contributed by atoms with Gasteiger partial charge >= 0.3 is 35.4 Å². The molecule has 0 unspecified atom stereocenters. The van der Waals surface area contributed by atoms with Crippen molar-refractivity contribution >= 4 is 23.5 Å². The zero-order chi connectivity index (χ0) is 29.5. The molecule has 1 aliphatic heterocycles. The van der Waals surface area contributed by atoms with Crippen LogP contribution in [0.2, 0.25) is 0 Å². The molecule has 15 heteroatoms. The average molecular weight is 562 g/mol. The van der Waals surface area contributed by atoms with E-state index in [-0.39, 0.29) is 23.7 Å². The molecule has 1 N–H and O–H groups in total. The normalized spacial score (nSPS) is 12.2. The Bertz CT molecular complexity index is 1580. The van der Waals surface area contributed by atoms with Crippen LogP contribution in [0.25, 0.3) is 0 Å². The number of aromatic carboxylic acids is 1. The Morgan fingerprint density at radius 3 is 2.56 bits per heavy atom. The molecule has 1 aromatic heterocycles. The minimum atomic E-state index is -1.41. The van der Waals surface area contributed by atoms with E-state index < -0.39 is 52.5 Å². The van der Waals surface area contributed by atoms with Gasteiger partial charge in [-0.15, -0.1) is 0 Å². The first-order chi connectivity index (χ1) is 19.7. The SMILES string of the molecule is CCOC(=O)COc1nc(Oc2cccc(C3=NCCN3C)c2)nc(Oc2ccc(C#N)c(C(=O)O)c2)c1[N+](=O)[O-]. The van der Waals surface area contributed by atoms with Crippen molar-refractivity contribution in [1.29, 1.82) is 5.26 Å². The van der Waals surface area contributed by atoms with Gasteiger partial charge in [-0.05, 0) is 37.3 Å². The van der Waals surface area contributed by atoms with Crippen LogP contribution in [0.1, 0.15) is 28.4 Å². The number of amidine groups is 1. The fraction of sp³-hybridized carbons (Fsp3) is 0.231. The Labute approximate surface area is 232 Å². The van der Waals surface area contributed by atoms with Crippen LogP contribution in [0, 0.1) is 21.4 Å². The van der Waals surface area contributed by atoms with Crippen molar-refractivity contribution < 1.29 is 38.6 Å². The second-order valence-corrected chi connectivity index (χ2v) is 8.30. The number of aromatic nitrogens is 2. The number of rotatable bonds is 11. The van der Waals surface area contributed by atoms with Gasteiger partial charge in [-0.25, -0.2) is 9.59 Å². The fourth-order valence-electron chi connectivity index (χ4n) is 3.72. The van der Waals surface area contributed by atoms with Crippen molar-refractivity contribution in [2.45, 2.75) is 6.92 Å². The molecule has 210 valence electrons. The van der Waals surface area contributed by atoms with Crippen LogP contribution in [0.5, 0.6) is 29.3 Å². The molecule has 2 aromatic carbocycles. The highest BCUT2D eigenvalue weighted by Gasteiger charge is 2.30. The van der Waals surface area contributed by atoms with Crippen molar-refractivity contribution in [2.24, 2.45) is 4.99 Å². The summed E-state index contributed by atoms with van der Waals surface area (Å²) in [5, 5.41) is 30.6. The van der Waals surface area contributed by atoms with Gasteiger partial charge in [-0.1, -0.05) is 12.1 Å². The van der Waals surface area contributed by atoms with Crippen molar-refractivity contribution in [1.82, 2.24) is 14.9 Å². The summed E-state index contributed by atoms with van der Waals surface area (Å²) in [5.74, 6) is -2.73. The molecule has 2 heterocycles. The van der Waals surface area contributed by atoms with E-state index in [9.17, 15) is 30.1 Å². The zero-order valence-corrected chi connectivity index (χ0v) is 21.8. The average Bonchev–Trinajstić information content (AvgIpc) is 3.37. The molecule has 0 fully saturated rings. The number of hydrogen-bond donors (Lipinski definition) is 1. The predicted molar refractivity (Wildman–Crippen MR) is 140 cm³/mol. The third kappa shape index (κ3) is 6.63. The van der Waals surface area contributed by atoms with E-state index in [4.69, 9.17) is 18.9 Å². The lowest BCUT2D eigenvalue weighted by molar-refractivity contribution is -0.387. The molecular formula is C26H22N6O9. The molecule has 0 amide bonds. The number of carbonyl (C=O) groups is 2. The molecule has 0 atom stereocenters. The van der Waals surface area contributed by atoms with Gasteiger partial charge in [0.1, 0.15) is 23.4 Å². The Morgan fingerprint density at radius 1 is 1.15 bits per heavy atom. The number of ether oxygens (including phenoxy) is 4. The van der Waals surface area contributed by atoms with E-state index in [1.807, 2.05) is 18.0 Å². The molecule has 0 saturated heterocycles. The maximum Gasteiger partial charge on any atom is 0.392 e. The van der Waals surface area contributed by atoms with Gasteiger partial charge in [-0.3, -0.25) is 15.1 Å². The lowest BCUT2D eigenvalue weighted by Gasteiger charge is -2.15. The molecule has 15 nitrogen and oxygen atoms in total. The molecule has 0 radical (unpaired) electrons. The number of nitriles is 1. The summed E-state index contributed by atoms with van der Waals surface area (Å²) in [6, 6.07) is 11.5. The van der Waals surface area contributed by atoms with Gasteiger partial charge in [0.25, 0.3) is 0 Å². The van der Waals surface area contributed by atoms with Gasteiger partial charge < -0.3 is 29.0 Å². The number of benzene rings is 2. The zero-order valence-electron chi connectivity index (χ0n) is 21.8. The standard InChI is InChI=1S/C26H22N6O9/c1-3-38-20(33)14-39-23-21(32(36)37)24(40-18-8-7-16(13-27)19(12-18)25(34)35)30-26(29-23)41-17-6-4-5-15(11-17)22-28-9-10-31(22)2/h4-8,11-12H,3,9-10,14H2,1-2H3,(H,34,35). The first-order valence-electron chi connectivity index (χ1n) is 12.0. The minimum absolute atomic E-state index is 0.0538. The van der Waals surface area contributed by atoms with E-state index in [2.05, 4.69) is 15.0 Å². The largest absolute Gasteiger partial charge is 0.478 e. The number of carboxylic acids is 1. The van der Waals surface area contributed by atoms with Crippen molar-refractivity contribution in [3.05, 3.63) is 69.3 Å². The maximum absolute atomic E-state index is 12.0. The molecular weight excluding hydrogens is 540 g/mol. The number of carbonyl (C=O) groups excluding carboxylic acids is 1. The number of carboxylic acid groups (broad SMARTS) is 1. The lowest BCUT2D eigenvalue weighted by Crippen LogP contribution is -2.23. The summed E-state index contributed by atoms with van der Waals surface area (Å²) in [4.78, 5) is 49.0. The van der Waals surface area contributed by atoms with E-state index in [1.54, 1.807) is 31.2 Å². The molecule has 41 heavy (non-hydrogen) atoms. The van der Waals surface area contributed by atoms with Crippen molar-refractivity contribution in [3.8, 4) is 35.3 Å². The third-order valence-electron chi connectivity index (χ3n) is 5.53. The highest BCUT2D eigenvalue weighted by atomic mass is 16.6. The van der Waals surface area contributed by atoms with Crippen LogP contribution in [-0.4, -0.2) is 76.0 Å². The molecule has 0 saturated carbocycles. The highest BCUT2D eigenvalue weighted by Crippen LogP contribution is 2.39. The van der Waals surface area contributed by atoms with Crippen molar-refractivity contribution in [3.63, 3.8) is 0 Å². The quantitative estimate of drug-likeness (QED) is 0.203. The van der Waals surface area contributed by atoms with Crippen molar-refractivity contribution in [2.75, 3.05) is 33.4 Å². The van der Waals surface area contributed by atoms with Gasteiger partial charge in [0.05, 0.1) is 29.2 Å². The fourth-order valence-corrected chi connectivity index (χ4v) is 3.72. The first kappa shape index (κ1) is 28.2. The van der Waals surface area contributed by atoms with Crippen LogP contribution < -0.4 is 14.2 Å². The summed E-state index contributed by atoms with van der Waals surface area (Å²) in [6.07, 6.45) is 0. The molecule has 3 aromatic rings. The van der Waals surface area contributed by atoms with Gasteiger partial charge in [0.2, 0.25) is 0 Å². The number of hydrogen-bond acceptors (Lipinski definition) is 13. The summed E-state index contributed by atoms with van der Waals surface area (Å²) >= 11 is 0. The number of aliphatic imine (C=N–C) groups is 1. The van der Waals surface area contributed by atoms with Crippen LogP contribution in [0.4, 0.5) is 5.69 Å². The molecule has 1 aliphatic rings. The second-order valence-electron chi connectivity index (χ2n) is 8.30. The molecule has 4 rings (SSSR count). The van der Waals surface area contributed by atoms with E-state index in [1.165, 1.54) is 12.1 Å². The van der Waals surface area contributed by atoms with Gasteiger partial charge in [-0.2, -0.15) is 15.2 Å². The molecule has 0 spiro atoms. The summed E-state index contributed by atoms with van der Waals surface area (Å²) in [7, 11) is 1.90. The van der Waals surface area contributed by atoms with E-state index in [0.29, 0.717) is 6.54 Å². The predicted octanol–water partition coefficient (Wildman–Crippen LogP) is 3.17. The molecule has 0 bridgehead atoms. The summed E-state index contributed by atoms with van der Waals surface area (Å²) < 4.78 is 21.5. The van der Waals surface area contributed by atoms with Gasteiger partial charge in [0.15, 0.2) is 6.61 Å². The highest BCUT2D eigenvalue weighted by molar-refractivity contribution is 5.99. The smallest absolute Gasteiger partial charge is 0.392 e. The first-order valence-corrected chi connectivity index (χ1v) is 12.0. The Morgan fingerprint density at radius 2 is 1.90 bits per heavy atom. The summed E-state index contributed by atoms with van der Waals surface area (Å²) in [6.45, 7) is 2.31. The Kier molecular flexibility index (Phi) is 8.53. The van der Waals surface area contributed by atoms with Gasteiger partial charge in [0, 0.05) is 19.2 Å². The summed E-state index contributed by atoms with van der Waals surface area (Å²) in [5.41, 5.74) is -0.660. The number of likely N-dealkylation sites (N-methyl/N-ethyl adjacent to an activating group) is 1. The van der Waals surface area contributed by atoms with Crippen LogP contribution in [0.15, 0.2) is 47.5 Å². The van der Waals surface area contributed by atoms with Crippen LogP contribution in [-0.2, 0) is 9.53 Å². The number of esters is 1. The van der Waals surface area contributed by atoms with E-state index >= 15 is 0 Å². The molecule has 0 aliphatic carbocycles. The maximum atomic E-state index is 12.0. The monoisotopic (exact) mass is 562 g/mol. The lowest BCUT2D eigenvalue weighted by atomic mass is 10.1. The Balaban J connectivity index is 1.75. The van der Waals surface area contributed by atoms with Crippen LogP contribution >= 0.6 is 0 Å². The number of nitro groups is 1. The van der Waals surface area contributed by atoms with Crippen LogP contribution in [0.3, 0.4) is 0 Å². The minimum Gasteiger partial charge on any atom is -0.478 e. The Hall–Kier alpha value is -5.78. The second kappa shape index (κ2) is 12.4. The third-order valence-corrected chi connectivity index (χ3v) is 5.53.